The molecule has 1 aliphatic carbocycles. The highest BCUT2D eigenvalue weighted by Gasteiger charge is 2.55. The monoisotopic (exact) mass is 381 g/mol. The first-order valence-corrected chi connectivity index (χ1v) is 8.74. The molecule has 25 heavy (non-hydrogen) atoms. The second-order valence-corrected chi connectivity index (χ2v) is 7.09. The Labute approximate surface area is 153 Å². The number of para-hydroxylation sites is 1. The number of fused-ring (bicyclic) bond motifs is 1. The van der Waals surface area contributed by atoms with Gasteiger partial charge in [-0.25, -0.2) is 13.8 Å². The number of hydrogen-bond acceptors (Lipinski definition) is 2. The van der Waals surface area contributed by atoms with Crippen molar-refractivity contribution in [1.82, 2.24) is 9.55 Å². The number of aromatic nitrogens is 2. The number of rotatable bonds is 5. The van der Waals surface area contributed by atoms with Crippen LogP contribution in [0.5, 0.6) is 0 Å². The Morgan fingerprint density at radius 2 is 1.92 bits per heavy atom. The predicted octanol–water partition coefficient (Wildman–Crippen LogP) is 6.13. The highest BCUT2D eigenvalue weighted by Crippen LogP contribution is 2.50. The number of pyridine rings is 1. The summed E-state index contributed by atoms with van der Waals surface area (Å²) in [6.07, 6.45) is 4.05. The lowest BCUT2D eigenvalue weighted by Gasteiger charge is -2.11. The molecule has 2 heterocycles. The summed E-state index contributed by atoms with van der Waals surface area (Å²) in [4.78, 5) is 4.37. The van der Waals surface area contributed by atoms with Gasteiger partial charge in [0.25, 0.3) is 5.92 Å². The van der Waals surface area contributed by atoms with Gasteiger partial charge in [-0.15, -0.1) is 0 Å². The molecule has 7 heteroatoms. The number of alkyl halides is 2. The number of halogens is 4. The van der Waals surface area contributed by atoms with Crippen LogP contribution in [0.3, 0.4) is 0 Å². The lowest BCUT2D eigenvalue weighted by molar-refractivity contribution is 0.0961. The Balaban J connectivity index is 1.61. The lowest BCUT2D eigenvalue weighted by Crippen LogP contribution is -2.01. The second kappa shape index (κ2) is 6.15. The Hall–Kier alpha value is -1.85. The van der Waals surface area contributed by atoms with E-state index < -0.39 is 11.8 Å². The fraction of sp³-hybridized carbons (Fsp3) is 0.278. The van der Waals surface area contributed by atoms with E-state index in [1.165, 1.54) is 0 Å². The molecule has 0 radical (unpaired) electrons. The number of anilines is 2. The summed E-state index contributed by atoms with van der Waals surface area (Å²) in [7, 11) is 0. The fourth-order valence-corrected chi connectivity index (χ4v) is 3.52. The van der Waals surface area contributed by atoms with Crippen LogP contribution in [0.2, 0.25) is 10.0 Å². The third-order valence-electron chi connectivity index (χ3n) is 4.58. The van der Waals surface area contributed by atoms with Crippen molar-refractivity contribution in [1.29, 1.82) is 0 Å². The van der Waals surface area contributed by atoms with Crippen LogP contribution in [0.4, 0.5) is 20.3 Å². The summed E-state index contributed by atoms with van der Waals surface area (Å²) in [5.41, 5.74) is 1.53. The standard InChI is InChI=1S/C18H15Cl2F2N3/c19-13-2-1-3-14(20)16(13)24-17-12-6-9-25(15(12)4-7-23-17)8-5-11-10-18(11,21)22/h1-4,6-7,9,11H,5,8,10H2,(H,23,24)/t11-/m0/s1. The molecule has 3 nitrogen and oxygen atoms in total. The van der Waals surface area contributed by atoms with E-state index in [9.17, 15) is 8.78 Å². The summed E-state index contributed by atoms with van der Waals surface area (Å²) in [6.45, 7) is 0.556. The smallest absolute Gasteiger partial charge is 0.251 e. The first-order valence-electron chi connectivity index (χ1n) is 7.98. The maximum atomic E-state index is 13.1. The van der Waals surface area contributed by atoms with Crippen molar-refractivity contribution in [3.63, 3.8) is 0 Å². The largest absolute Gasteiger partial charge is 0.347 e. The average molecular weight is 382 g/mol. The number of hydrogen-bond donors (Lipinski definition) is 1. The van der Waals surface area contributed by atoms with E-state index in [1.807, 2.05) is 22.9 Å². The number of nitrogens with zero attached hydrogens (tertiary/aromatic N) is 2. The Morgan fingerprint density at radius 3 is 2.60 bits per heavy atom. The van der Waals surface area contributed by atoms with E-state index in [0.717, 1.165) is 10.9 Å². The SMILES string of the molecule is FC1(F)C[C@@H]1CCn1ccc2c(Nc3c(Cl)cccc3Cl)nccc21. The highest BCUT2D eigenvalue weighted by atomic mass is 35.5. The van der Waals surface area contributed by atoms with Crippen LogP contribution < -0.4 is 5.32 Å². The molecule has 1 atom stereocenters. The number of nitrogens with one attached hydrogen (secondary N) is 1. The molecular formula is C18H15Cl2F2N3. The molecule has 0 spiro atoms. The number of benzene rings is 1. The quantitative estimate of drug-likeness (QED) is 0.575. The first kappa shape index (κ1) is 16.6. The van der Waals surface area contributed by atoms with Crippen molar-refractivity contribution in [2.24, 2.45) is 5.92 Å². The van der Waals surface area contributed by atoms with Gasteiger partial charge >= 0.3 is 0 Å². The molecule has 0 saturated heterocycles. The van der Waals surface area contributed by atoms with Crippen LogP contribution >= 0.6 is 23.2 Å². The molecule has 1 N–H and O–H groups in total. The van der Waals surface area contributed by atoms with E-state index in [1.54, 1.807) is 24.4 Å². The molecule has 1 saturated carbocycles. The zero-order chi connectivity index (χ0) is 17.6. The van der Waals surface area contributed by atoms with E-state index in [2.05, 4.69) is 10.3 Å². The van der Waals surface area contributed by atoms with Crippen molar-refractivity contribution >= 4 is 45.6 Å². The summed E-state index contributed by atoms with van der Waals surface area (Å²) in [6, 6.07) is 9.06. The molecule has 1 aromatic carbocycles. The van der Waals surface area contributed by atoms with Gasteiger partial charge in [0.15, 0.2) is 0 Å². The molecule has 3 aromatic rings. The highest BCUT2D eigenvalue weighted by molar-refractivity contribution is 6.39. The molecule has 0 aliphatic heterocycles. The van der Waals surface area contributed by atoms with Crippen molar-refractivity contribution in [2.75, 3.05) is 5.32 Å². The van der Waals surface area contributed by atoms with Crippen molar-refractivity contribution in [3.8, 4) is 0 Å². The predicted molar refractivity (Wildman–Crippen MR) is 97.1 cm³/mol. The molecule has 130 valence electrons. The third kappa shape index (κ3) is 3.18. The van der Waals surface area contributed by atoms with Crippen molar-refractivity contribution in [2.45, 2.75) is 25.3 Å². The van der Waals surface area contributed by atoms with Gasteiger partial charge in [0.2, 0.25) is 0 Å². The minimum atomic E-state index is -2.47. The third-order valence-corrected chi connectivity index (χ3v) is 5.21. The maximum Gasteiger partial charge on any atom is 0.251 e. The van der Waals surface area contributed by atoms with Crippen molar-refractivity contribution in [3.05, 3.63) is 52.8 Å². The summed E-state index contributed by atoms with van der Waals surface area (Å²) >= 11 is 12.4. The molecule has 0 amide bonds. The van der Waals surface area contributed by atoms with Crippen LogP contribution in [-0.4, -0.2) is 15.5 Å². The average Bonchev–Trinajstić information content (AvgIpc) is 2.99. The van der Waals surface area contributed by atoms with Gasteiger partial charge in [0.05, 0.1) is 21.2 Å². The van der Waals surface area contributed by atoms with Gasteiger partial charge in [-0.05, 0) is 30.7 Å². The maximum absolute atomic E-state index is 13.1. The van der Waals surface area contributed by atoms with E-state index >= 15 is 0 Å². The summed E-state index contributed by atoms with van der Waals surface area (Å²) < 4.78 is 28.1. The molecule has 1 fully saturated rings. The Morgan fingerprint density at radius 1 is 1.20 bits per heavy atom. The first-order chi connectivity index (χ1) is 12.0. The lowest BCUT2D eigenvalue weighted by atomic mass is 10.2. The fourth-order valence-electron chi connectivity index (χ4n) is 3.03. The van der Waals surface area contributed by atoms with Gasteiger partial charge < -0.3 is 9.88 Å². The minimum Gasteiger partial charge on any atom is -0.347 e. The van der Waals surface area contributed by atoms with Crippen LogP contribution in [0.15, 0.2) is 42.7 Å². The normalized spacial score (nSPS) is 18.5. The zero-order valence-corrected chi connectivity index (χ0v) is 14.7. The van der Waals surface area contributed by atoms with E-state index in [0.29, 0.717) is 34.5 Å². The van der Waals surface area contributed by atoms with E-state index in [4.69, 9.17) is 23.2 Å². The van der Waals surface area contributed by atoms with Crippen LogP contribution in [0.1, 0.15) is 12.8 Å². The zero-order valence-electron chi connectivity index (χ0n) is 13.1. The molecule has 4 rings (SSSR count). The van der Waals surface area contributed by atoms with Gasteiger partial charge in [0, 0.05) is 36.7 Å². The van der Waals surface area contributed by atoms with E-state index in [-0.39, 0.29) is 6.42 Å². The second-order valence-electron chi connectivity index (χ2n) is 6.27. The van der Waals surface area contributed by atoms with Gasteiger partial charge in [-0.3, -0.25) is 0 Å². The van der Waals surface area contributed by atoms with Gasteiger partial charge in [0.1, 0.15) is 5.82 Å². The summed E-state index contributed by atoms with van der Waals surface area (Å²) in [5.74, 6) is -2.34. The molecule has 2 aromatic heterocycles. The Bertz CT molecular complexity index is 919. The number of aryl methyl sites for hydroxylation is 1. The van der Waals surface area contributed by atoms with Crippen LogP contribution in [-0.2, 0) is 6.54 Å². The van der Waals surface area contributed by atoms with Crippen LogP contribution in [0, 0.1) is 5.92 Å². The molecule has 0 bridgehead atoms. The van der Waals surface area contributed by atoms with Crippen LogP contribution in [0.25, 0.3) is 10.9 Å². The topological polar surface area (TPSA) is 29.9 Å². The van der Waals surface area contributed by atoms with Gasteiger partial charge in [-0.1, -0.05) is 29.3 Å². The minimum absolute atomic E-state index is 0.00552. The molecular weight excluding hydrogens is 367 g/mol. The molecule has 1 aliphatic rings. The van der Waals surface area contributed by atoms with Gasteiger partial charge in [-0.2, -0.15) is 0 Å². The summed E-state index contributed by atoms with van der Waals surface area (Å²) in [5, 5.41) is 5.07. The molecule has 0 unspecified atom stereocenters. The van der Waals surface area contributed by atoms with Crippen molar-refractivity contribution < 1.29 is 8.78 Å². The Kier molecular flexibility index (Phi) is 4.08.